The molecule has 0 aliphatic heterocycles. The Bertz CT molecular complexity index is 2820. The van der Waals surface area contributed by atoms with Crippen molar-refractivity contribution in [3.63, 3.8) is 0 Å². The first-order chi connectivity index (χ1) is 29.8. The second kappa shape index (κ2) is 16.2. The van der Waals surface area contributed by atoms with Gasteiger partial charge in [0, 0.05) is 34.1 Å². The highest BCUT2D eigenvalue weighted by atomic mass is 15.1. The van der Waals surface area contributed by atoms with Gasteiger partial charge in [0.25, 0.3) is 0 Å². The summed E-state index contributed by atoms with van der Waals surface area (Å²) in [5, 5.41) is 4.86. The summed E-state index contributed by atoms with van der Waals surface area (Å²) >= 11 is 0. The van der Waals surface area contributed by atoms with Crippen molar-refractivity contribution in [3.8, 4) is 22.3 Å². The molecule has 2 heteroatoms. The molecule has 0 heterocycles. The lowest BCUT2D eigenvalue weighted by atomic mass is 9.84. The summed E-state index contributed by atoms with van der Waals surface area (Å²) in [6, 6.07) is 71.8. The van der Waals surface area contributed by atoms with E-state index in [0.29, 0.717) is 0 Å². The van der Waals surface area contributed by atoms with E-state index in [0.717, 1.165) is 34.1 Å². The minimum absolute atomic E-state index is 0.000341. The molecule has 2 nitrogen and oxygen atoms in total. The third-order valence-electron chi connectivity index (χ3n) is 12.1. The van der Waals surface area contributed by atoms with E-state index >= 15 is 0 Å². The summed E-state index contributed by atoms with van der Waals surface area (Å²) < 4.78 is 0. The Morgan fingerprint density at radius 2 is 0.629 bits per heavy atom. The van der Waals surface area contributed by atoms with E-state index in [1.54, 1.807) is 0 Å². The van der Waals surface area contributed by atoms with Gasteiger partial charge in [0.15, 0.2) is 0 Å². The summed E-state index contributed by atoms with van der Waals surface area (Å²) in [5.74, 6) is 0. The fourth-order valence-corrected chi connectivity index (χ4v) is 9.01. The monoisotopic (exact) mass is 804 g/mol. The summed E-state index contributed by atoms with van der Waals surface area (Å²) in [6.45, 7) is 18.2. The van der Waals surface area contributed by atoms with Crippen LogP contribution in [0.1, 0.15) is 63.8 Å². The van der Waals surface area contributed by atoms with Crippen LogP contribution < -0.4 is 9.80 Å². The normalized spacial score (nSPS) is 11.9. The van der Waals surface area contributed by atoms with Gasteiger partial charge in [-0.1, -0.05) is 163 Å². The van der Waals surface area contributed by atoms with Gasteiger partial charge in [0.2, 0.25) is 0 Å². The average Bonchev–Trinajstić information content (AvgIpc) is 3.26. The number of nitrogens with zero attached hydrogens (tertiary/aromatic N) is 2. The van der Waals surface area contributed by atoms with Gasteiger partial charge in [-0.2, -0.15) is 0 Å². The third kappa shape index (κ3) is 7.90. The molecule has 306 valence electrons. The molecule has 0 fully saturated rings. The molecule has 0 unspecified atom stereocenters. The van der Waals surface area contributed by atoms with E-state index in [4.69, 9.17) is 0 Å². The molecule has 0 aliphatic carbocycles. The van der Waals surface area contributed by atoms with E-state index < -0.39 is 0 Å². The van der Waals surface area contributed by atoms with Crippen molar-refractivity contribution >= 4 is 55.7 Å². The van der Waals surface area contributed by atoms with Crippen LogP contribution in [0.25, 0.3) is 43.8 Å². The lowest BCUT2D eigenvalue weighted by Crippen LogP contribution is -2.15. The zero-order valence-corrected chi connectivity index (χ0v) is 37.4. The van der Waals surface area contributed by atoms with Gasteiger partial charge in [-0.25, -0.2) is 0 Å². The number of para-hydroxylation sites is 2. The molecule has 0 aliphatic rings. The number of rotatable bonds is 8. The minimum atomic E-state index is -0.000341. The maximum atomic E-state index is 2.43. The summed E-state index contributed by atoms with van der Waals surface area (Å²) in [6.07, 6.45) is 0. The van der Waals surface area contributed by atoms with Crippen molar-refractivity contribution in [1.82, 2.24) is 0 Å². The smallest absolute Gasteiger partial charge is 0.0468 e. The van der Waals surface area contributed by atoms with Gasteiger partial charge < -0.3 is 9.80 Å². The van der Waals surface area contributed by atoms with Crippen LogP contribution in [0, 0.1) is 13.8 Å². The molecule has 0 radical (unpaired) electrons. The van der Waals surface area contributed by atoms with Gasteiger partial charge >= 0.3 is 0 Å². The molecule has 62 heavy (non-hydrogen) atoms. The molecule has 0 spiro atoms. The van der Waals surface area contributed by atoms with Crippen LogP contribution in [0.15, 0.2) is 194 Å². The van der Waals surface area contributed by atoms with E-state index in [1.165, 1.54) is 66.1 Å². The highest BCUT2D eigenvalue weighted by Gasteiger charge is 2.24. The molecule has 0 saturated heterocycles. The highest BCUT2D eigenvalue weighted by Crippen LogP contribution is 2.49. The predicted molar refractivity (Wildman–Crippen MR) is 269 cm³/mol. The van der Waals surface area contributed by atoms with Crippen LogP contribution in [0.3, 0.4) is 0 Å². The summed E-state index contributed by atoms with van der Waals surface area (Å²) in [5.41, 5.74) is 16.8. The summed E-state index contributed by atoms with van der Waals surface area (Å²) in [7, 11) is 0. The van der Waals surface area contributed by atoms with Crippen LogP contribution >= 0.6 is 0 Å². The quantitative estimate of drug-likeness (QED) is 0.141. The van der Waals surface area contributed by atoms with Crippen molar-refractivity contribution in [1.29, 1.82) is 0 Å². The van der Waals surface area contributed by atoms with Crippen molar-refractivity contribution in [2.24, 2.45) is 0 Å². The standard InChI is InChI=1S/C60H56N2/c1-41-33-45(59(3,4)5)37-51(35-41)61(47-25-17-11-18-26-47)49-29-31-53-55(39-49)57(43-21-13-9-14-22-43)54-32-30-50(40-56(54)58(53)44-23-15-10-16-24-44)62(48-27-19-12-20-28-48)52-36-42(2)34-46(38-52)60(6,7)8/h9-40H,1-8H3. The van der Waals surface area contributed by atoms with Crippen molar-refractivity contribution in [2.45, 2.75) is 66.2 Å². The summed E-state index contributed by atoms with van der Waals surface area (Å²) in [4.78, 5) is 4.86. The van der Waals surface area contributed by atoms with Crippen LogP contribution in [0.5, 0.6) is 0 Å². The van der Waals surface area contributed by atoms with E-state index in [-0.39, 0.29) is 10.8 Å². The topological polar surface area (TPSA) is 6.48 Å². The maximum absolute atomic E-state index is 2.43. The van der Waals surface area contributed by atoms with Crippen molar-refractivity contribution in [3.05, 3.63) is 216 Å². The largest absolute Gasteiger partial charge is 0.310 e. The van der Waals surface area contributed by atoms with Crippen LogP contribution in [0.4, 0.5) is 34.1 Å². The molecule has 0 saturated carbocycles. The molecule has 9 aromatic carbocycles. The maximum Gasteiger partial charge on any atom is 0.0468 e. The Balaban J connectivity index is 1.36. The van der Waals surface area contributed by atoms with Gasteiger partial charge in [0.1, 0.15) is 0 Å². The van der Waals surface area contributed by atoms with Crippen LogP contribution in [-0.2, 0) is 10.8 Å². The third-order valence-corrected chi connectivity index (χ3v) is 12.1. The van der Waals surface area contributed by atoms with Gasteiger partial charge in [-0.3, -0.25) is 0 Å². The fourth-order valence-electron chi connectivity index (χ4n) is 9.01. The molecule has 0 amide bonds. The molecular weight excluding hydrogens is 749 g/mol. The van der Waals surface area contributed by atoms with Crippen molar-refractivity contribution < 1.29 is 0 Å². The zero-order valence-electron chi connectivity index (χ0n) is 37.4. The number of benzene rings is 9. The lowest BCUT2D eigenvalue weighted by molar-refractivity contribution is 0.589. The Morgan fingerprint density at radius 1 is 0.290 bits per heavy atom. The average molecular weight is 805 g/mol. The second-order valence-corrected chi connectivity index (χ2v) is 18.9. The SMILES string of the molecule is Cc1cc(N(c2ccccc2)c2ccc3c(-c4ccccc4)c4cc(N(c5ccccc5)c5cc(C)cc(C(C)(C)C)c5)ccc4c(-c4ccccc4)c3c2)cc(C(C)(C)C)c1. The lowest BCUT2D eigenvalue weighted by Gasteiger charge is -2.30. The first-order valence-electron chi connectivity index (χ1n) is 21.9. The van der Waals surface area contributed by atoms with E-state index in [2.05, 4.69) is 259 Å². The van der Waals surface area contributed by atoms with Gasteiger partial charge in [-0.15, -0.1) is 0 Å². The molecule has 0 aromatic heterocycles. The Kier molecular flexibility index (Phi) is 10.6. The Labute approximate surface area is 368 Å². The molecule has 9 rings (SSSR count). The number of anilines is 6. The van der Waals surface area contributed by atoms with Crippen molar-refractivity contribution in [2.75, 3.05) is 9.80 Å². The second-order valence-electron chi connectivity index (χ2n) is 18.9. The van der Waals surface area contributed by atoms with E-state index in [1.807, 2.05) is 0 Å². The fraction of sp³-hybridized carbons (Fsp3) is 0.167. The van der Waals surface area contributed by atoms with E-state index in [9.17, 15) is 0 Å². The first kappa shape index (κ1) is 40.5. The molecular formula is C60H56N2. The molecule has 0 N–H and O–H groups in total. The number of hydrogen-bond acceptors (Lipinski definition) is 2. The van der Waals surface area contributed by atoms with Crippen LogP contribution in [-0.4, -0.2) is 0 Å². The predicted octanol–water partition coefficient (Wildman–Crippen LogP) is 17.5. The van der Waals surface area contributed by atoms with Crippen LogP contribution in [0.2, 0.25) is 0 Å². The number of hydrogen-bond donors (Lipinski definition) is 0. The number of fused-ring (bicyclic) bond motifs is 2. The minimum Gasteiger partial charge on any atom is -0.310 e. The molecule has 9 aromatic rings. The Hall–Kier alpha value is -6.90. The molecule has 0 bridgehead atoms. The Morgan fingerprint density at radius 3 is 0.968 bits per heavy atom. The number of aryl methyl sites for hydroxylation is 2. The first-order valence-corrected chi connectivity index (χ1v) is 21.9. The highest BCUT2D eigenvalue weighted by molar-refractivity contribution is 6.22. The zero-order chi connectivity index (χ0) is 43.2. The molecule has 0 atom stereocenters. The van der Waals surface area contributed by atoms with Gasteiger partial charge in [0.05, 0.1) is 0 Å². The van der Waals surface area contributed by atoms with Gasteiger partial charge in [-0.05, 0) is 164 Å².